The maximum absolute atomic E-state index is 13.7. The number of aliphatic hydroxyl groups is 1. The Morgan fingerprint density at radius 3 is 2.41 bits per heavy atom. The fourth-order valence-corrected chi connectivity index (χ4v) is 3.41. The lowest BCUT2D eigenvalue weighted by atomic mass is 9.93. The second-order valence-corrected chi connectivity index (χ2v) is 8.05. The van der Waals surface area contributed by atoms with E-state index in [2.05, 4.69) is 15.2 Å². The van der Waals surface area contributed by atoms with E-state index >= 15 is 0 Å². The molecule has 3 rings (SSSR count). The molecule has 0 saturated carbocycles. The zero-order valence-electron chi connectivity index (χ0n) is 17.2. The van der Waals surface area contributed by atoms with Crippen LogP contribution in [0.3, 0.4) is 0 Å². The van der Waals surface area contributed by atoms with E-state index in [1.54, 1.807) is 13.8 Å². The van der Waals surface area contributed by atoms with Crippen LogP contribution in [-0.4, -0.2) is 32.6 Å². The minimum atomic E-state index is -5.12. The summed E-state index contributed by atoms with van der Waals surface area (Å²) in [6.45, 7) is 3.48. The van der Waals surface area contributed by atoms with Crippen molar-refractivity contribution in [2.24, 2.45) is 5.92 Å². The molecule has 1 aliphatic rings. The van der Waals surface area contributed by atoms with Crippen LogP contribution in [0.15, 0.2) is 10.5 Å². The summed E-state index contributed by atoms with van der Waals surface area (Å²) in [5.74, 6) is -2.81. The molecule has 178 valence electrons. The Morgan fingerprint density at radius 1 is 1.12 bits per heavy atom. The van der Waals surface area contributed by atoms with E-state index in [1.807, 2.05) is 0 Å². The SMILES string of the molecule is CC(C)C1CCCCCC(O)(C(F)(F)F)c2nnc(o2)-c2nc(c(C(F)(F)F)cc2N)O1. The number of nitrogens with two attached hydrogens (primary N) is 1. The molecule has 0 spiro atoms. The summed E-state index contributed by atoms with van der Waals surface area (Å²) in [5.41, 5.74) is 0.00704. The van der Waals surface area contributed by atoms with Crippen LogP contribution in [0.5, 0.6) is 5.88 Å². The molecule has 0 amide bonds. The number of pyridine rings is 1. The van der Waals surface area contributed by atoms with Gasteiger partial charge in [-0.05, 0) is 37.7 Å². The van der Waals surface area contributed by atoms with Gasteiger partial charge in [0.05, 0.1) is 5.69 Å². The van der Waals surface area contributed by atoms with Gasteiger partial charge in [-0.2, -0.15) is 26.3 Å². The third kappa shape index (κ3) is 4.62. The van der Waals surface area contributed by atoms with Gasteiger partial charge in [-0.3, -0.25) is 0 Å². The molecule has 0 radical (unpaired) electrons. The molecule has 2 atom stereocenters. The second-order valence-electron chi connectivity index (χ2n) is 8.05. The lowest BCUT2D eigenvalue weighted by Crippen LogP contribution is -2.42. The predicted molar refractivity (Wildman–Crippen MR) is 99.2 cm³/mol. The first kappa shape index (κ1) is 24.1. The smallest absolute Gasteiger partial charge is 0.426 e. The molecule has 0 fully saturated rings. The monoisotopic (exact) mass is 468 g/mol. The van der Waals surface area contributed by atoms with Gasteiger partial charge in [0, 0.05) is 0 Å². The molecule has 2 unspecified atom stereocenters. The standard InChI is InChI=1S/C19H22F6N4O3/c1-9(2)12-6-4-3-5-7-17(30,19(23,24)25)16-29-28-15(32-16)13-11(26)8-10(18(20,21)22)14(27-13)31-12/h8-9,12,30H,3-7,26H2,1-2H3. The van der Waals surface area contributed by atoms with E-state index in [-0.39, 0.29) is 25.2 Å². The van der Waals surface area contributed by atoms with Gasteiger partial charge in [-0.1, -0.05) is 20.3 Å². The lowest BCUT2D eigenvalue weighted by molar-refractivity contribution is -0.277. The third-order valence-corrected chi connectivity index (χ3v) is 5.31. The van der Waals surface area contributed by atoms with E-state index in [9.17, 15) is 31.4 Å². The van der Waals surface area contributed by atoms with Gasteiger partial charge in [0.15, 0.2) is 5.69 Å². The van der Waals surface area contributed by atoms with Crippen molar-refractivity contribution >= 4 is 5.69 Å². The summed E-state index contributed by atoms with van der Waals surface area (Å²) in [6.07, 6.45) is -10.5. The molecule has 0 aliphatic carbocycles. The number of hydrogen-bond donors (Lipinski definition) is 2. The van der Waals surface area contributed by atoms with Crippen LogP contribution in [0.4, 0.5) is 32.0 Å². The fraction of sp³-hybridized carbons (Fsp3) is 0.632. The summed E-state index contributed by atoms with van der Waals surface area (Å²) in [4.78, 5) is 3.79. The Hall–Kier alpha value is -2.57. The highest BCUT2D eigenvalue weighted by Gasteiger charge is 2.58. The lowest BCUT2D eigenvalue weighted by Gasteiger charge is -2.27. The van der Waals surface area contributed by atoms with E-state index in [4.69, 9.17) is 14.9 Å². The number of hydrogen-bond acceptors (Lipinski definition) is 7. The van der Waals surface area contributed by atoms with Crippen LogP contribution in [0.2, 0.25) is 0 Å². The van der Waals surface area contributed by atoms with Gasteiger partial charge >= 0.3 is 12.4 Å². The average molecular weight is 468 g/mol. The first-order valence-electron chi connectivity index (χ1n) is 9.92. The first-order valence-corrected chi connectivity index (χ1v) is 9.92. The Labute approximate surface area is 179 Å². The number of anilines is 1. The van der Waals surface area contributed by atoms with Gasteiger partial charge in [0.25, 0.3) is 11.8 Å². The van der Waals surface area contributed by atoms with Crippen LogP contribution >= 0.6 is 0 Å². The predicted octanol–water partition coefficient (Wildman–Crippen LogP) is 4.85. The molecule has 0 saturated heterocycles. The number of nitrogens with zero attached hydrogens (tertiary/aromatic N) is 3. The van der Waals surface area contributed by atoms with E-state index in [0.717, 1.165) is 0 Å². The van der Waals surface area contributed by atoms with Gasteiger partial charge in [0.1, 0.15) is 11.7 Å². The largest absolute Gasteiger partial charge is 0.474 e. The van der Waals surface area contributed by atoms with Gasteiger partial charge in [-0.25, -0.2) is 4.98 Å². The summed E-state index contributed by atoms with van der Waals surface area (Å²) < 4.78 is 92.3. The van der Waals surface area contributed by atoms with Crippen LogP contribution in [0, 0.1) is 5.92 Å². The van der Waals surface area contributed by atoms with Crippen molar-refractivity contribution in [2.45, 2.75) is 70.0 Å². The van der Waals surface area contributed by atoms with Crippen molar-refractivity contribution in [3.8, 4) is 17.5 Å². The molecule has 32 heavy (non-hydrogen) atoms. The number of nitrogen functional groups attached to an aromatic ring is 1. The molecular formula is C19H22F6N4O3. The third-order valence-electron chi connectivity index (χ3n) is 5.31. The number of ether oxygens (including phenoxy) is 1. The quantitative estimate of drug-likeness (QED) is 0.576. The molecule has 2 aromatic heterocycles. The maximum atomic E-state index is 13.7. The Kier molecular flexibility index (Phi) is 6.33. The molecular weight excluding hydrogens is 446 g/mol. The Morgan fingerprint density at radius 2 is 1.81 bits per heavy atom. The zero-order valence-corrected chi connectivity index (χ0v) is 17.2. The van der Waals surface area contributed by atoms with E-state index in [1.165, 1.54) is 0 Å². The van der Waals surface area contributed by atoms with E-state index in [0.29, 0.717) is 12.5 Å². The van der Waals surface area contributed by atoms with Crippen LogP contribution in [0.1, 0.15) is 57.4 Å². The first-order chi connectivity index (χ1) is 14.7. The molecule has 0 aromatic carbocycles. The number of aromatic nitrogens is 3. The Balaban J connectivity index is 2.19. The number of alkyl halides is 6. The number of fused-ring (bicyclic) bond motifs is 5. The normalized spacial score (nSPS) is 23.0. The van der Waals surface area contributed by atoms with Crippen molar-refractivity contribution in [2.75, 3.05) is 5.73 Å². The Bertz CT molecular complexity index is 960. The van der Waals surface area contributed by atoms with Crippen molar-refractivity contribution in [3.05, 3.63) is 17.5 Å². The molecule has 3 N–H and O–H groups in total. The van der Waals surface area contributed by atoms with Crippen molar-refractivity contribution in [3.63, 3.8) is 0 Å². The molecule has 1 aliphatic heterocycles. The number of rotatable bonds is 1. The highest BCUT2D eigenvalue weighted by atomic mass is 19.4. The summed E-state index contributed by atoms with van der Waals surface area (Å²) >= 11 is 0. The van der Waals surface area contributed by atoms with Crippen LogP contribution in [-0.2, 0) is 11.8 Å². The topological polar surface area (TPSA) is 107 Å². The van der Waals surface area contributed by atoms with Gasteiger partial charge in [-0.15, -0.1) is 10.2 Å². The maximum Gasteiger partial charge on any atom is 0.426 e. The highest BCUT2D eigenvalue weighted by molar-refractivity contribution is 5.68. The fourth-order valence-electron chi connectivity index (χ4n) is 3.41. The van der Waals surface area contributed by atoms with Crippen LogP contribution < -0.4 is 10.5 Å². The van der Waals surface area contributed by atoms with Gasteiger partial charge < -0.3 is 20.0 Å². The zero-order chi connectivity index (χ0) is 23.9. The van der Waals surface area contributed by atoms with Crippen molar-refractivity contribution < 1.29 is 40.6 Å². The molecule has 4 bridgehead atoms. The summed E-state index contributed by atoms with van der Waals surface area (Å²) in [6, 6.07) is 0.556. The van der Waals surface area contributed by atoms with E-state index < -0.39 is 65.1 Å². The number of halogens is 6. The molecule has 7 nitrogen and oxygen atoms in total. The second kappa shape index (κ2) is 8.41. The average Bonchev–Trinajstić information content (AvgIpc) is 3.15. The molecule has 3 heterocycles. The van der Waals surface area contributed by atoms with Crippen molar-refractivity contribution in [1.82, 2.24) is 15.2 Å². The summed E-state index contributed by atoms with van der Waals surface area (Å²) in [7, 11) is 0. The molecule has 13 heteroatoms. The minimum absolute atomic E-state index is 0.0436. The minimum Gasteiger partial charge on any atom is -0.474 e. The van der Waals surface area contributed by atoms with Crippen LogP contribution in [0.25, 0.3) is 11.6 Å². The molecule has 2 aromatic rings. The summed E-state index contributed by atoms with van der Waals surface area (Å²) in [5, 5.41) is 17.1. The van der Waals surface area contributed by atoms with Crippen molar-refractivity contribution in [1.29, 1.82) is 0 Å². The highest BCUT2D eigenvalue weighted by Crippen LogP contribution is 2.44. The van der Waals surface area contributed by atoms with Gasteiger partial charge in [0.2, 0.25) is 11.5 Å².